The average Bonchev–Trinajstić information content (AvgIpc) is 2.20. The van der Waals surface area contributed by atoms with Crippen LogP contribution in [-0.4, -0.2) is 34.2 Å². The molecule has 0 radical (unpaired) electrons. The fourth-order valence-corrected chi connectivity index (χ4v) is 3.06. The van der Waals surface area contributed by atoms with E-state index in [4.69, 9.17) is 10.2 Å². The van der Waals surface area contributed by atoms with Crippen LogP contribution < -0.4 is 9.44 Å². The Morgan fingerprint density at radius 3 is 1.28 bits per heavy atom. The molecule has 0 amide bonds. The van der Waals surface area contributed by atoms with Gasteiger partial charge >= 0.3 is 11.9 Å². The van der Waals surface area contributed by atoms with Crippen molar-refractivity contribution in [3.8, 4) is 0 Å². The van der Waals surface area contributed by atoms with E-state index in [0.29, 0.717) is 0 Å². The van der Waals surface area contributed by atoms with E-state index in [2.05, 4.69) is 9.44 Å². The lowest BCUT2D eigenvalue weighted by Crippen LogP contribution is -2.39. The summed E-state index contributed by atoms with van der Waals surface area (Å²) in [5.41, 5.74) is 0. The molecule has 0 aromatic rings. The van der Waals surface area contributed by atoms with Gasteiger partial charge in [0, 0.05) is 22.0 Å². The minimum Gasteiger partial charge on any atom is -0.480 e. The van der Waals surface area contributed by atoms with Gasteiger partial charge in [-0.2, -0.15) is 0 Å². The number of hydrogen-bond donors (Lipinski definition) is 4. The van der Waals surface area contributed by atoms with Crippen molar-refractivity contribution in [2.24, 2.45) is 11.8 Å². The van der Waals surface area contributed by atoms with Crippen molar-refractivity contribution in [3.05, 3.63) is 0 Å². The van der Waals surface area contributed by atoms with Crippen molar-refractivity contribution in [2.75, 3.05) is 0 Å². The van der Waals surface area contributed by atoms with Crippen LogP contribution in [0.1, 0.15) is 27.7 Å². The van der Waals surface area contributed by atoms with Gasteiger partial charge in [0.25, 0.3) is 0 Å². The molecule has 18 heavy (non-hydrogen) atoms. The normalized spacial score (nSPS) is 14.8. The summed E-state index contributed by atoms with van der Waals surface area (Å²) in [6.07, 6.45) is 0. The molecule has 0 heterocycles. The number of nitrogens with one attached hydrogen (secondary N) is 2. The summed E-state index contributed by atoms with van der Waals surface area (Å²) in [7, 11) is 2.19. The molecular weight excluding hydrogens is 276 g/mol. The molecule has 0 aliphatic heterocycles. The molecule has 2 atom stereocenters. The van der Waals surface area contributed by atoms with E-state index in [-0.39, 0.29) is 11.8 Å². The Hall–Kier alpha value is -0.440. The Balaban J connectivity index is 4.04. The third kappa shape index (κ3) is 6.48. The average molecular weight is 296 g/mol. The van der Waals surface area contributed by atoms with Gasteiger partial charge < -0.3 is 10.2 Å². The molecule has 4 N–H and O–H groups in total. The lowest BCUT2D eigenvalue weighted by atomic mass is 10.1. The van der Waals surface area contributed by atoms with Gasteiger partial charge in [0.1, 0.15) is 12.1 Å². The third-order valence-corrected chi connectivity index (χ3v) is 3.87. The molecule has 8 heteroatoms. The molecule has 0 rings (SSSR count). The quantitative estimate of drug-likeness (QED) is 0.289. The molecule has 0 saturated heterocycles. The monoisotopic (exact) mass is 296 g/mol. The van der Waals surface area contributed by atoms with Crippen LogP contribution in [0, 0.1) is 11.8 Å². The van der Waals surface area contributed by atoms with Gasteiger partial charge in [-0.1, -0.05) is 27.7 Å². The molecule has 0 unspecified atom stereocenters. The Bertz CT molecular complexity index is 259. The number of carbonyl (C=O) groups is 2. The van der Waals surface area contributed by atoms with Crippen molar-refractivity contribution in [1.29, 1.82) is 0 Å². The van der Waals surface area contributed by atoms with Crippen LogP contribution in [-0.2, 0) is 9.59 Å². The summed E-state index contributed by atoms with van der Waals surface area (Å²) in [5.74, 6) is -1.93. The highest BCUT2D eigenvalue weighted by Gasteiger charge is 2.23. The first kappa shape index (κ1) is 17.6. The Kier molecular flexibility index (Phi) is 8.41. The lowest BCUT2D eigenvalue weighted by Gasteiger charge is -2.19. The SMILES string of the molecule is CC(C)[C@H](NSSN[C@H](C(=O)O)C(C)C)C(=O)O. The maximum atomic E-state index is 10.9. The first-order valence-corrected chi connectivity index (χ1v) is 7.71. The number of carboxylic acids is 2. The van der Waals surface area contributed by atoms with Crippen LogP contribution in [0.2, 0.25) is 0 Å². The van der Waals surface area contributed by atoms with E-state index < -0.39 is 24.0 Å². The van der Waals surface area contributed by atoms with Crippen LogP contribution >= 0.6 is 22.0 Å². The van der Waals surface area contributed by atoms with Gasteiger partial charge in [-0.25, -0.2) is 9.44 Å². The highest BCUT2D eigenvalue weighted by atomic mass is 33.1. The van der Waals surface area contributed by atoms with Crippen LogP contribution in [0.15, 0.2) is 0 Å². The molecule has 0 aliphatic rings. The van der Waals surface area contributed by atoms with Gasteiger partial charge in [-0.15, -0.1) is 0 Å². The number of aliphatic carboxylic acids is 2. The van der Waals surface area contributed by atoms with Crippen molar-refractivity contribution in [1.82, 2.24) is 9.44 Å². The molecule has 0 aromatic heterocycles. The first-order chi connectivity index (χ1) is 8.27. The highest BCUT2D eigenvalue weighted by Crippen LogP contribution is 2.19. The predicted octanol–water partition coefficient (Wildman–Crippen LogP) is 1.60. The Morgan fingerprint density at radius 1 is 0.833 bits per heavy atom. The van der Waals surface area contributed by atoms with E-state index in [9.17, 15) is 9.59 Å². The lowest BCUT2D eigenvalue weighted by molar-refractivity contribution is -0.141. The van der Waals surface area contributed by atoms with E-state index in [1.54, 1.807) is 27.7 Å². The van der Waals surface area contributed by atoms with E-state index in [1.807, 2.05) is 0 Å². The van der Waals surface area contributed by atoms with Gasteiger partial charge in [-0.3, -0.25) is 9.59 Å². The zero-order valence-corrected chi connectivity index (χ0v) is 12.5. The maximum absolute atomic E-state index is 10.9. The minimum atomic E-state index is -0.920. The van der Waals surface area contributed by atoms with Crippen molar-refractivity contribution in [2.45, 2.75) is 39.8 Å². The minimum absolute atomic E-state index is 0.0454. The van der Waals surface area contributed by atoms with E-state index >= 15 is 0 Å². The number of rotatable bonds is 9. The van der Waals surface area contributed by atoms with Gasteiger partial charge in [-0.05, 0) is 11.8 Å². The summed E-state index contributed by atoms with van der Waals surface area (Å²) < 4.78 is 5.55. The molecule has 0 aliphatic carbocycles. The predicted molar refractivity (Wildman–Crippen MR) is 74.0 cm³/mol. The summed E-state index contributed by atoms with van der Waals surface area (Å²) in [5, 5.41) is 17.9. The van der Waals surface area contributed by atoms with Gasteiger partial charge in [0.05, 0.1) is 0 Å². The van der Waals surface area contributed by atoms with Crippen LogP contribution in [0.25, 0.3) is 0 Å². The highest BCUT2D eigenvalue weighted by molar-refractivity contribution is 8.75. The van der Waals surface area contributed by atoms with Crippen molar-refractivity contribution in [3.63, 3.8) is 0 Å². The van der Waals surface area contributed by atoms with Crippen molar-refractivity contribution < 1.29 is 19.8 Å². The Labute approximate surface area is 115 Å². The fourth-order valence-electron chi connectivity index (χ4n) is 1.10. The van der Waals surface area contributed by atoms with Crippen LogP contribution in [0.5, 0.6) is 0 Å². The molecular formula is C10H20N2O4S2. The zero-order valence-electron chi connectivity index (χ0n) is 10.8. The standard InChI is InChI=1S/C10H20N2O4S2/c1-5(2)7(9(13)14)11-17-18-12-8(6(3)4)10(15)16/h5-8,11-12H,1-4H3,(H,13,14)(H,15,16)/t7-,8-/m0/s1. The van der Waals surface area contributed by atoms with Gasteiger partial charge in [0.15, 0.2) is 0 Å². The molecule has 0 fully saturated rings. The largest absolute Gasteiger partial charge is 0.480 e. The van der Waals surface area contributed by atoms with Crippen molar-refractivity contribution >= 4 is 33.9 Å². The zero-order chi connectivity index (χ0) is 14.3. The van der Waals surface area contributed by atoms with Crippen LogP contribution in [0.4, 0.5) is 0 Å². The number of hydrogen-bond acceptors (Lipinski definition) is 6. The first-order valence-electron chi connectivity index (χ1n) is 5.56. The van der Waals surface area contributed by atoms with E-state index in [0.717, 1.165) is 22.0 Å². The van der Waals surface area contributed by atoms with E-state index in [1.165, 1.54) is 0 Å². The molecule has 0 saturated carbocycles. The topological polar surface area (TPSA) is 98.7 Å². The Morgan fingerprint density at radius 2 is 1.11 bits per heavy atom. The summed E-state index contributed by atoms with van der Waals surface area (Å²) in [4.78, 5) is 21.8. The molecule has 6 nitrogen and oxygen atoms in total. The molecule has 0 spiro atoms. The smallest absolute Gasteiger partial charge is 0.321 e. The number of carboxylic acid groups (broad SMARTS) is 2. The molecule has 0 bridgehead atoms. The fraction of sp³-hybridized carbons (Fsp3) is 0.800. The maximum Gasteiger partial charge on any atom is 0.321 e. The second kappa shape index (κ2) is 8.63. The van der Waals surface area contributed by atoms with Gasteiger partial charge in [0.2, 0.25) is 0 Å². The summed E-state index contributed by atoms with van der Waals surface area (Å²) in [6, 6.07) is -1.32. The summed E-state index contributed by atoms with van der Waals surface area (Å²) in [6.45, 7) is 7.22. The third-order valence-electron chi connectivity index (χ3n) is 2.26. The summed E-state index contributed by atoms with van der Waals surface area (Å²) >= 11 is 0. The molecule has 106 valence electrons. The second-order valence-electron chi connectivity index (χ2n) is 4.52. The van der Waals surface area contributed by atoms with Crippen LogP contribution in [0.3, 0.4) is 0 Å². The second-order valence-corrected chi connectivity index (χ2v) is 6.33. The molecule has 0 aromatic carbocycles.